The van der Waals surface area contributed by atoms with Crippen molar-refractivity contribution in [3.8, 4) is 16.9 Å². The Balaban J connectivity index is 1.58. The Kier molecular flexibility index (Phi) is 6.99. The topological polar surface area (TPSA) is 52.3 Å². The van der Waals surface area contributed by atoms with Crippen LogP contribution in [-0.4, -0.2) is 37.3 Å². The Bertz CT molecular complexity index is 1550. The van der Waals surface area contributed by atoms with Crippen LogP contribution >= 0.6 is 23.4 Å². The van der Waals surface area contributed by atoms with Crippen molar-refractivity contribution in [2.24, 2.45) is 7.05 Å². The van der Waals surface area contributed by atoms with Gasteiger partial charge in [-0.2, -0.15) is 5.10 Å². The van der Waals surface area contributed by atoms with Crippen LogP contribution in [0, 0.1) is 27.7 Å². The van der Waals surface area contributed by atoms with E-state index in [0.717, 1.165) is 67.3 Å². The van der Waals surface area contributed by atoms with Gasteiger partial charge in [-0.05, 0) is 83.2 Å². The van der Waals surface area contributed by atoms with Crippen LogP contribution in [-0.2, 0) is 13.5 Å². The molecule has 38 heavy (non-hydrogen) atoms. The summed E-state index contributed by atoms with van der Waals surface area (Å²) < 4.78 is 11.6. The van der Waals surface area contributed by atoms with Crippen molar-refractivity contribution in [2.75, 3.05) is 6.61 Å². The van der Waals surface area contributed by atoms with Gasteiger partial charge in [0.15, 0.2) is 0 Å². The number of benzene rings is 2. The highest BCUT2D eigenvalue weighted by Crippen LogP contribution is 2.43. The summed E-state index contributed by atoms with van der Waals surface area (Å²) in [6, 6.07) is 10.1. The molecule has 0 saturated carbocycles. The Hall–Kier alpha value is -2.96. The smallest absolute Gasteiger partial charge is 0.285 e. The number of carbonyl (C=O) groups is 1. The molecule has 3 heterocycles. The van der Waals surface area contributed by atoms with E-state index >= 15 is 0 Å². The van der Waals surface area contributed by atoms with E-state index < -0.39 is 0 Å². The lowest BCUT2D eigenvalue weighted by atomic mass is 9.98. The van der Waals surface area contributed by atoms with Crippen LogP contribution in [0.5, 0.6) is 5.75 Å². The fraction of sp³-hybridized carbons (Fsp3) is 0.400. The highest BCUT2D eigenvalue weighted by atomic mass is 35.5. The molecule has 1 aliphatic rings. The van der Waals surface area contributed by atoms with E-state index in [-0.39, 0.29) is 18.0 Å². The summed E-state index contributed by atoms with van der Waals surface area (Å²) in [5, 5.41) is 6.52. The van der Waals surface area contributed by atoms with Crippen molar-refractivity contribution >= 4 is 40.2 Å². The minimum absolute atomic E-state index is 0.00570. The van der Waals surface area contributed by atoms with Crippen molar-refractivity contribution in [1.82, 2.24) is 18.8 Å². The Labute approximate surface area is 234 Å². The second-order valence-electron chi connectivity index (χ2n) is 10.5. The van der Waals surface area contributed by atoms with Gasteiger partial charge >= 0.3 is 0 Å². The highest BCUT2D eigenvalue weighted by Gasteiger charge is 2.39. The first kappa shape index (κ1) is 26.6. The number of aromatic nitrogens is 3. The summed E-state index contributed by atoms with van der Waals surface area (Å²) in [6.07, 6.45) is 1.44. The molecule has 8 heteroatoms. The third-order valence-corrected chi connectivity index (χ3v) is 9.07. The van der Waals surface area contributed by atoms with Crippen molar-refractivity contribution in [1.29, 1.82) is 0 Å². The van der Waals surface area contributed by atoms with Crippen LogP contribution in [0.25, 0.3) is 22.0 Å². The molecule has 6 nitrogen and oxygen atoms in total. The molecule has 2 aromatic heterocycles. The van der Waals surface area contributed by atoms with E-state index in [0.29, 0.717) is 18.7 Å². The molecule has 5 rings (SSSR count). The number of hydrogen-bond acceptors (Lipinski definition) is 3. The van der Waals surface area contributed by atoms with E-state index in [2.05, 4.69) is 41.7 Å². The molecule has 0 aliphatic carbocycles. The number of amides is 1. The maximum atomic E-state index is 13.6. The first-order valence-electron chi connectivity index (χ1n) is 13.1. The van der Waals surface area contributed by atoms with Gasteiger partial charge < -0.3 is 9.30 Å². The molecule has 4 aromatic rings. The monoisotopic (exact) mass is 552 g/mol. The lowest BCUT2D eigenvalue weighted by Crippen LogP contribution is -2.43. The molecule has 1 aliphatic heterocycles. The Morgan fingerprint density at radius 3 is 2.37 bits per heavy atom. The van der Waals surface area contributed by atoms with E-state index in [1.54, 1.807) is 0 Å². The van der Waals surface area contributed by atoms with Gasteiger partial charge in [-0.1, -0.05) is 29.8 Å². The third kappa shape index (κ3) is 4.18. The SMILES string of the molecule is Cc1cc(OCCCc2c3n(c4c(-c5c(C)nn(C)c5C)cccc24)[C@H](C)[C@@H](C)N(Cl)C3=O)cc(C)c1Cl. The van der Waals surface area contributed by atoms with Gasteiger partial charge in [0.1, 0.15) is 11.4 Å². The fourth-order valence-electron chi connectivity index (χ4n) is 5.81. The van der Waals surface area contributed by atoms with Crippen molar-refractivity contribution in [2.45, 2.75) is 66.5 Å². The molecular weight excluding hydrogens is 519 g/mol. The highest BCUT2D eigenvalue weighted by molar-refractivity contribution is 6.32. The van der Waals surface area contributed by atoms with Crippen molar-refractivity contribution in [3.63, 3.8) is 0 Å². The number of ether oxygens (including phenoxy) is 1. The lowest BCUT2D eigenvalue weighted by molar-refractivity contribution is 0.0747. The molecule has 1 amide bonds. The van der Waals surface area contributed by atoms with Gasteiger partial charge in [0.25, 0.3) is 5.91 Å². The fourth-order valence-corrected chi connectivity index (χ4v) is 6.16. The van der Waals surface area contributed by atoms with Crippen LogP contribution in [0.15, 0.2) is 30.3 Å². The molecule has 0 fully saturated rings. The minimum atomic E-state index is -0.154. The molecule has 0 radical (unpaired) electrons. The zero-order valence-electron chi connectivity index (χ0n) is 23.0. The standard InChI is InChI=1S/C30H34Cl2N4O2/c1-16-14-22(15-17(2)27(16)31)38-13-9-12-24-23-10-8-11-25(26-18(3)33-34(7)21(26)6)28(23)35-19(4)20(5)36(32)30(37)29(24)35/h8,10-11,14-15,19-20H,9,12-13H2,1-7H3/t19-,20-/m1/s1. The second kappa shape index (κ2) is 9.97. The van der Waals surface area contributed by atoms with Crippen LogP contribution in [0.2, 0.25) is 5.02 Å². The van der Waals surface area contributed by atoms with Gasteiger partial charge in [-0.15, -0.1) is 0 Å². The summed E-state index contributed by atoms with van der Waals surface area (Å²) in [5.41, 5.74) is 9.03. The maximum Gasteiger partial charge on any atom is 0.285 e. The molecule has 0 saturated heterocycles. The molecule has 2 aromatic carbocycles. The predicted octanol–water partition coefficient (Wildman–Crippen LogP) is 7.50. The Morgan fingerprint density at radius 2 is 1.74 bits per heavy atom. The number of carbonyl (C=O) groups excluding carboxylic acids is 1. The molecule has 2 atom stereocenters. The average Bonchev–Trinajstić information content (AvgIpc) is 3.35. The largest absolute Gasteiger partial charge is 0.494 e. The summed E-state index contributed by atoms with van der Waals surface area (Å²) in [5.74, 6) is 0.655. The number of halogens is 2. The van der Waals surface area contributed by atoms with E-state index in [1.165, 1.54) is 4.42 Å². The average molecular weight is 554 g/mol. The molecule has 0 spiro atoms. The zero-order chi connectivity index (χ0) is 27.5. The zero-order valence-corrected chi connectivity index (χ0v) is 24.5. The van der Waals surface area contributed by atoms with E-state index in [1.807, 2.05) is 51.6 Å². The molecular formula is C30H34Cl2N4O2. The van der Waals surface area contributed by atoms with Crippen LogP contribution < -0.4 is 4.74 Å². The summed E-state index contributed by atoms with van der Waals surface area (Å²) in [4.78, 5) is 13.6. The van der Waals surface area contributed by atoms with Gasteiger partial charge in [0.05, 0.1) is 29.9 Å². The quantitative estimate of drug-likeness (QED) is 0.184. The lowest BCUT2D eigenvalue weighted by Gasteiger charge is -2.35. The number of hydrogen-bond donors (Lipinski definition) is 0. The minimum Gasteiger partial charge on any atom is -0.494 e. The third-order valence-electron chi connectivity index (χ3n) is 8.02. The van der Waals surface area contributed by atoms with Gasteiger partial charge in [-0.25, -0.2) is 4.42 Å². The summed E-state index contributed by atoms with van der Waals surface area (Å²) in [6.45, 7) is 12.7. The predicted molar refractivity (Wildman–Crippen MR) is 155 cm³/mol. The number of nitrogens with zero attached hydrogens (tertiary/aromatic N) is 4. The van der Waals surface area contributed by atoms with E-state index in [4.69, 9.17) is 28.1 Å². The van der Waals surface area contributed by atoms with Crippen LogP contribution in [0.1, 0.15) is 64.9 Å². The summed E-state index contributed by atoms with van der Waals surface area (Å²) in [7, 11) is 1.97. The number of fused-ring (bicyclic) bond motifs is 3. The van der Waals surface area contributed by atoms with Gasteiger partial charge in [-0.3, -0.25) is 9.48 Å². The second-order valence-corrected chi connectivity index (χ2v) is 11.2. The number of rotatable bonds is 6. The van der Waals surface area contributed by atoms with E-state index in [9.17, 15) is 4.79 Å². The van der Waals surface area contributed by atoms with Crippen molar-refractivity contribution < 1.29 is 9.53 Å². The first-order valence-corrected chi connectivity index (χ1v) is 13.8. The van der Waals surface area contributed by atoms with Crippen LogP contribution in [0.4, 0.5) is 0 Å². The normalized spacial score (nSPS) is 17.4. The number of para-hydroxylation sites is 1. The van der Waals surface area contributed by atoms with Crippen molar-refractivity contribution in [3.05, 3.63) is 69.1 Å². The molecule has 0 bridgehead atoms. The molecule has 0 N–H and O–H groups in total. The Morgan fingerprint density at radius 1 is 1.05 bits per heavy atom. The van der Waals surface area contributed by atoms with Gasteiger partial charge in [0.2, 0.25) is 0 Å². The number of aryl methyl sites for hydroxylation is 5. The first-order chi connectivity index (χ1) is 18.0. The molecule has 0 unspecified atom stereocenters. The van der Waals surface area contributed by atoms with Gasteiger partial charge in [0, 0.05) is 46.1 Å². The van der Waals surface area contributed by atoms with Crippen LogP contribution in [0.3, 0.4) is 0 Å². The summed E-state index contributed by atoms with van der Waals surface area (Å²) >= 11 is 12.9. The molecule has 200 valence electrons. The maximum absolute atomic E-state index is 13.6.